The van der Waals surface area contributed by atoms with E-state index in [2.05, 4.69) is 20.9 Å². The summed E-state index contributed by atoms with van der Waals surface area (Å²) < 4.78 is 6.54. The van der Waals surface area contributed by atoms with Crippen LogP contribution in [0.1, 0.15) is 4.88 Å². The number of thiazole rings is 1. The lowest BCUT2D eigenvalue weighted by Crippen LogP contribution is -1.81. The number of aromatic nitrogens is 1. The highest BCUT2D eigenvalue weighted by atomic mass is 79.9. The summed E-state index contributed by atoms with van der Waals surface area (Å²) in [5.41, 5.74) is 0. The number of benzene rings is 1. The van der Waals surface area contributed by atoms with E-state index in [-0.39, 0.29) is 0 Å². The zero-order chi connectivity index (χ0) is 11.5. The van der Waals surface area contributed by atoms with Gasteiger partial charge in [0, 0.05) is 4.47 Å². The summed E-state index contributed by atoms with van der Waals surface area (Å²) >= 11 is 16.3. The Hall–Kier alpha value is -0.290. The molecule has 0 aliphatic heterocycles. The van der Waals surface area contributed by atoms with E-state index in [0.29, 0.717) is 16.2 Å². The first kappa shape index (κ1) is 12.2. The minimum absolute atomic E-state index is 0.347. The summed E-state index contributed by atoms with van der Waals surface area (Å²) in [6, 6.07) is 7.49. The van der Waals surface area contributed by atoms with Crippen LogP contribution in [-0.2, 0) is 5.88 Å². The monoisotopic (exact) mass is 337 g/mol. The van der Waals surface area contributed by atoms with Crippen LogP contribution in [0.3, 0.4) is 0 Å². The second-order valence-corrected chi connectivity index (χ2v) is 5.47. The maximum Gasteiger partial charge on any atom is 0.280 e. The molecule has 0 saturated carbocycles. The van der Waals surface area contributed by atoms with Crippen molar-refractivity contribution in [3.63, 3.8) is 0 Å². The van der Waals surface area contributed by atoms with Gasteiger partial charge in [-0.3, -0.25) is 0 Å². The van der Waals surface area contributed by atoms with Gasteiger partial charge in [-0.2, -0.15) is 4.98 Å². The maximum absolute atomic E-state index is 5.86. The van der Waals surface area contributed by atoms with Gasteiger partial charge in [0.2, 0.25) is 0 Å². The highest BCUT2D eigenvalue weighted by Crippen LogP contribution is 2.33. The van der Waals surface area contributed by atoms with Gasteiger partial charge in [0.1, 0.15) is 10.9 Å². The predicted octanol–water partition coefficient (Wildman–Crippen LogP) is 5.09. The lowest BCUT2D eigenvalue weighted by molar-refractivity contribution is 0.479. The van der Waals surface area contributed by atoms with Crippen molar-refractivity contribution >= 4 is 50.5 Å². The molecule has 0 N–H and O–H groups in total. The second kappa shape index (κ2) is 5.36. The van der Waals surface area contributed by atoms with Gasteiger partial charge in [0.15, 0.2) is 0 Å². The Morgan fingerprint density at radius 1 is 1.31 bits per heavy atom. The molecule has 0 amide bonds. The van der Waals surface area contributed by atoms with Crippen LogP contribution in [0.25, 0.3) is 0 Å². The zero-order valence-corrected chi connectivity index (χ0v) is 11.8. The molecule has 16 heavy (non-hydrogen) atoms. The zero-order valence-electron chi connectivity index (χ0n) is 7.91. The van der Waals surface area contributed by atoms with Gasteiger partial charge in [-0.25, -0.2) is 0 Å². The molecule has 0 aliphatic rings. The van der Waals surface area contributed by atoms with Crippen molar-refractivity contribution in [2.75, 3.05) is 0 Å². The van der Waals surface area contributed by atoms with Crippen LogP contribution < -0.4 is 4.74 Å². The molecule has 0 spiro atoms. The summed E-state index contributed by atoms with van der Waals surface area (Å²) in [7, 11) is 0. The van der Waals surface area contributed by atoms with E-state index < -0.39 is 0 Å². The number of alkyl halides is 1. The summed E-state index contributed by atoms with van der Waals surface area (Å²) in [4.78, 5) is 4.88. The van der Waals surface area contributed by atoms with E-state index in [1.165, 1.54) is 11.3 Å². The quantitative estimate of drug-likeness (QED) is 0.727. The molecule has 0 bridgehead atoms. The Labute approximate surface area is 115 Å². The van der Waals surface area contributed by atoms with E-state index in [0.717, 1.165) is 15.1 Å². The summed E-state index contributed by atoms with van der Waals surface area (Å²) in [5.74, 6) is 1.06. The molecular weight excluding hydrogens is 333 g/mol. The SMILES string of the molecule is ClCc1sc(Oc2ccc(Br)cc2)nc1Cl. The molecule has 1 heterocycles. The van der Waals surface area contributed by atoms with Crippen molar-refractivity contribution < 1.29 is 4.74 Å². The molecule has 6 heteroatoms. The standard InChI is InChI=1S/C10H6BrCl2NOS/c11-6-1-3-7(4-2-6)15-10-14-9(13)8(5-12)16-10/h1-4H,5H2. The Kier molecular flexibility index (Phi) is 4.08. The molecule has 1 aromatic heterocycles. The van der Waals surface area contributed by atoms with Gasteiger partial charge < -0.3 is 4.74 Å². The fourth-order valence-corrected chi connectivity index (χ4v) is 2.64. The third kappa shape index (κ3) is 2.88. The Morgan fingerprint density at radius 2 is 2.00 bits per heavy atom. The highest BCUT2D eigenvalue weighted by molar-refractivity contribution is 9.10. The summed E-state index contributed by atoms with van der Waals surface area (Å²) in [5, 5.41) is 0.912. The molecule has 2 rings (SSSR count). The molecule has 0 fully saturated rings. The molecule has 2 aromatic rings. The topological polar surface area (TPSA) is 22.1 Å². The molecule has 2 nitrogen and oxygen atoms in total. The fraction of sp³-hybridized carbons (Fsp3) is 0.100. The largest absolute Gasteiger partial charge is 0.431 e. The Balaban J connectivity index is 2.17. The Morgan fingerprint density at radius 3 is 2.56 bits per heavy atom. The van der Waals surface area contributed by atoms with E-state index in [1.54, 1.807) is 0 Å². The highest BCUT2D eigenvalue weighted by Gasteiger charge is 2.09. The van der Waals surface area contributed by atoms with Crippen LogP contribution in [0.2, 0.25) is 5.15 Å². The van der Waals surface area contributed by atoms with Crippen molar-refractivity contribution in [1.29, 1.82) is 0 Å². The van der Waals surface area contributed by atoms with E-state index in [4.69, 9.17) is 27.9 Å². The van der Waals surface area contributed by atoms with Crippen LogP contribution >= 0.6 is 50.5 Å². The third-order valence-electron chi connectivity index (χ3n) is 1.77. The first-order valence-corrected chi connectivity index (χ1v) is 6.86. The summed E-state index contributed by atoms with van der Waals surface area (Å²) in [6.45, 7) is 0. The van der Waals surface area contributed by atoms with Crippen molar-refractivity contribution in [1.82, 2.24) is 4.98 Å². The van der Waals surface area contributed by atoms with Crippen molar-refractivity contribution in [3.8, 4) is 10.9 Å². The van der Waals surface area contributed by atoms with E-state index >= 15 is 0 Å². The average Bonchev–Trinajstić information content (AvgIpc) is 2.62. The molecule has 0 aliphatic carbocycles. The van der Waals surface area contributed by atoms with Crippen LogP contribution in [0.4, 0.5) is 0 Å². The average molecular weight is 339 g/mol. The molecule has 84 valence electrons. The first-order chi connectivity index (χ1) is 7.69. The molecule has 0 atom stereocenters. The van der Waals surface area contributed by atoms with E-state index in [9.17, 15) is 0 Å². The molecule has 1 aromatic carbocycles. The van der Waals surface area contributed by atoms with Gasteiger partial charge in [-0.1, -0.05) is 38.9 Å². The van der Waals surface area contributed by atoms with Gasteiger partial charge in [-0.15, -0.1) is 11.6 Å². The second-order valence-electron chi connectivity index (χ2n) is 2.88. The minimum Gasteiger partial charge on any atom is -0.431 e. The Bertz CT molecular complexity index is 486. The van der Waals surface area contributed by atoms with Crippen molar-refractivity contribution in [2.45, 2.75) is 5.88 Å². The predicted molar refractivity (Wildman–Crippen MR) is 70.9 cm³/mol. The first-order valence-electron chi connectivity index (χ1n) is 4.33. The fourth-order valence-electron chi connectivity index (χ4n) is 1.04. The normalized spacial score (nSPS) is 10.4. The number of hydrogen-bond donors (Lipinski definition) is 0. The number of rotatable bonds is 3. The van der Waals surface area contributed by atoms with Gasteiger partial charge in [0.25, 0.3) is 5.19 Å². The molecule has 0 radical (unpaired) electrons. The molecule has 0 unspecified atom stereocenters. The number of hydrogen-bond acceptors (Lipinski definition) is 3. The van der Waals surface area contributed by atoms with Crippen LogP contribution in [0.15, 0.2) is 28.7 Å². The lowest BCUT2D eigenvalue weighted by Gasteiger charge is -2.00. The summed E-state index contributed by atoms with van der Waals surface area (Å²) in [6.07, 6.45) is 0. The molecular formula is C10H6BrCl2NOS. The smallest absolute Gasteiger partial charge is 0.280 e. The van der Waals surface area contributed by atoms with Gasteiger partial charge in [-0.05, 0) is 24.3 Å². The minimum atomic E-state index is 0.347. The number of ether oxygens (including phenoxy) is 1. The van der Waals surface area contributed by atoms with Gasteiger partial charge >= 0.3 is 0 Å². The van der Waals surface area contributed by atoms with Crippen LogP contribution in [-0.4, -0.2) is 4.98 Å². The number of nitrogens with zero attached hydrogens (tertiary/aromatic N) is 1. The lowest BCUT2D eigenvalue weighted by atomic mass is 10.3. The molecule has 0 saturated heterocycles. The maximum atomic E-state index is 5.86. The van der Waals surface area contributed by atoms with Crippen molar-refractivity contribution in [3.05, 3.63) is 38.8 Å². The number of halogens is 3. The third-order valence-corrected chi connectivity index (χ3v) is 4.08. The van der Waals surface area contributed by atoms with Crippen LogP contribution in [0, 0.1) is 0 Å². The van der Waals surface area contributed by atoms with E-state index in [1.807, 2.05) is 24.3 Å². The van der Waals surface area contributed by atoms with Crippen molar-refractivity contribution in [2.24, 2.45) is 0 Å². The van der Waals surface area contributed by atoms with Crippen LogP contribution in [0.5, 0.6) is 10.9 Å². The van der Waals surface area contributed by atoms with Gasteiger partial charge in [0.05, 0.1) is 10.8 Å².